The van der Waals surface area contributed by atoms with Crippen molar-refractivity contribution in [2.24, 2.45) is 0 Å². The molecule has 8 heteroatoms. The number of amides is 3. The lowest BCUT2D eigenvalue weighted by Gasteiger charge is -2.25. The number of anilines is 3. The van der Waals surface area contributed by atoms with Crippen LogP contribution in [0, 0.1) is 0 Å². The van der Waals surface area contributed by atoms with Crippen LogP contribution in [0.4, 0.5) is 17.1 Å². The van der Waals surface area contributed by atoms with Crippen molar-refractivity contribution in [3.05, 3.63) is 155 Å². The van der Waals surface area contributed by atoms with Gasteiger partial charge in [0.2, 0.25) is 5.91 Å². The van der Waals surface area contributed by atoms with E-state index < -0.39 is 11.8 Å². The summed E-state index contributed by atoms with van der Waals surface area (Å²) < 4.78 is 5.74. The van der Waals surface area contributed by atoms with Gasteiger partial charge in [-0.3, -0.25) is 19.3 Å². The number of benzene rings is 5. The molecule has 0 unspecified atom stereocenters. The molecule has 1 heterocycles. The number of ether oxygens (including phenoxy) is 1. The van der Waals surface area contributed by atoms with E-state index in [1.807, 2.05) is 90.7 Å². The molecule has 0 fully saturated rings. The molecule has 0 saturated carbocycles. The number of fused-ring (bicyclic) bond motifs is 2. The van der Waals surface area contributed by atoms with E-state index in [0.717, 1.165) is 40.2 Å². The maximum atomic E-state index is 13.7. The highest BCUT2D eigenvalue weighted by atomic mass is 32.2. The number of carbonyl (C=O) groups is 3. The van der Waals surface area contributed by atoms with E-state index in [2.05, 4.69) is 22.8 Å². The molecule has 5 aromatic carbocycles. The van der Waals surface area contributed by atoms with Gasteiger partial charge >= 0.3 is 0 Å². The second-order valence-corrected chi connectivity index (χ2v) is 12.2. The third-order valence-electron chi connectivity index (χ3n) is 7.90. The second-order valence-electron chi connectivity index (χ2n) is 11.1. The summed E-state index contributed by atoms with van der Waals surface area (Å²) in [5.74, 6) is -0.0548. The predicted octanol–water partition coefficient (Wildman–Crippen LogP) is 8.05. The Hall–Kier alpha value is -5.60. The summed E-state index contributed by atoms with van der Waals surface area (Å²) >= 11 is 1.44. The summed E-state index contributed by atoms with van der Waals surface area (Å²) in [4.78, 5) is 43.1. The van der Waals surface area contributed by atoms with E-state index >= 15 is 0 Å². The van der Waals surface area contributed by atoms with Gasteiger partial charge in [-0.15, -0.1) is 11.8 Å². The molecule has 1 aliphatic heterocycles. The SMILES string of the molecule is CCOc1ccccc1/C=C(\NC(=O)c1ccccc1)C(=O)Nc1ccc(SCC(=O)N2c3ccccc3CCc3ccccc32)cc1. The first-order valence-corrected chi connectivity index (χ1v) is 16.8. The smallest absolute Gasteiger partial charge is 0.272 e. The minimum Gasteiger partial charge on any atom is -0.493 e. The molecular formula is C40H35N3O4S. The molecule has 240 valence electrons. The third kappa shape index (κ3) is 7.67. The summed E-state index contributed by atoms with van der Waals surface area (Å²) in [6.07, 6.45) is 3.36. The molecule has 48 heavy (non-hydrogen) atoms. The normalized spacial score (nSPS) is 12.3. The first-order chi connectivity index (χ1) is 23.5. The zero-order chi connectivity index (χ0) is 33.3. The van der Waals surface area contributed by atoms with Gasteiger partial charge in [-0.25, -0.2) is 0 Å². The van der Waals surface area contributed by atoms with Gasteiger partial charge < -0.3 is 15.4 Å². The fourth-order valence-corrected chi connectivity index (χ4v) is 6.32. The van der Waals surface area contributed by atoms with E-state index in [1.165, 1.54) is 11.8 Å². The number of nitrogens with one attached hydrogen (secondary N) is 2. The molecule has 0 aromatic heterocycles. The summed E-state index contributed by atoms with van der Waals surface area (Å²) in [5.41, 5.74) is 5.86. The van der Waals surface area contributed by atoms with Crippen LogP contribution in [-0.4, -0.2) is 30.1 Å². The number of carbonyl (C=O) groups excluding carboxylic acids is 3. The van der Waals surface area contributed by atoms with Crippen molar-refractivity contribution in [3.63, 3.8) is 0 Å². The summed E-state index contributed by atoms with van der Waals surface area (Å²) in [7, 11) is 0. The highest BCUT2D eigenvalue weighted by Crippen LogP contribution is 2.37. The van der Waals surface area contributed by atoms with E-state index in [4.69, 9.17) is 4.74 Å². The minimum atomic E-state index is -0.486. The van der Waals surface area contributed by atoms with Crippen LogP contribution in [0.15, 0.2) is 138 Å². The molecule has 7 nitrogen and oxygen atoms in total. The van der Waals surface area contributed by atoms with E-state index in [0.29, 0.717) is 29.2 Å². The largest absolute Gasteiger partial charge is 0.493 e. The second kappa shape index (κ2) is 15.3. The predicted molar refractivity (Wildman–Crippen MR) is 193 cm³/mol. The average Bonchev–Trinajstić information content (AvgIpc) is 3.29. The van der Waals surface area contributed by atoms with Gasteiger partial charge in [0, 0.05) is 21.7 Å². The standard InChI is InChI=1S/C40H35N3O4S/c1-2-47-37-19-11-8-16-31(37)26-34(42-39(45)30-14-4-3-5-15-30)40(46)41-32-22-24-33(25-23-32)48-27-38(44)43-35-17-9-6-12-28(35)20-21-29-13-7-10-18-36(29)43/h3-19,22-26H,2,20-21,27H2,1H3,(H,41,46)(H,42,45)/b34-26-. The fraction of sp³-hybridized carbons (Fsp3) is 0.125. The van der Waals surface area contributed by atoms with Crippen molar-refractivity contribution in [2.75, 3.05) is 22.6 Å². The van der Waals surface area contributed by atoms with E-state index in [1.54, 1.807) is 42.5 Å². The zero-order valence-corrected chi connectivity index (χ0v) is 27.3. The lowest BCUT2D eigenvalue weighted by atomic mass is 10.0. The van der Waals surface area contributed by atoms with Crippen molar-refractivity contribution in [1.29, 1.82) is 0 Å². The Labute approximate surface area is 284 Å². The molecule has 0 bridgehead atoms. The quantitative estimate of drug-likeness (QED) is 0.118. The number of nitrogens with zero attached hydrogens (tertiary/aromatic N) is 1. The van der Waals surface area contributed by atoms with Crippen LogP contribution < -0.4 is 20.3 Å². The molecule has 2 N–H and O–H groups in total. The molecule has 0 spiro atoms. The van der Waals surface area contributed by atoms with Crippen molar-refractivity contribution < 1.29 is 19.1 Å². The zero-order valence-electron chi connectivity index (χ0n) is 26.5. The summed E-state index contributed by atoms with van der Waals surface area (Å²) in [6.45, 7) is 2.34. The molecule has 3 amide bonds. The molecule has 6 rings (SSSR count). The molecule has 0 atom stereocenters. The molecule has 0 saturated heterocycles. The number of para-hydroxylation sites is 3. The lowest BCUT2D eigenvalue weighted by molar-refractivity contribution is -0.115. The molecule has 5 aromatic rings. The highest BCUT2D eigenvalue weighted by Gasteiger charge is 2.25. The Morgan fingerprint density at radius 3 is 2.02 bits per heavy atom. The van der Waals surface area contributed by atoms with Gasteiger partial charge in [0.05, 0.1) is 23.7 Å². The number of hydrogen-bond acceptors (Lipinski definition) is 5. The molecule has 0 aliphatic carbocycles. The van der Waals surface area contributed by atoms with Crippen molar-refractivity contribution >= 4 is 52.6 Å². The highest BCUT2D eigenvalue weighted by molar-refractivity contribution is 8.00. The Morgan fingerprint density at radius 2 is 1.35 bits per heavy atom. The Kier molecular flexibility index (Phi) is 10.3. The van der Waals surface area contributed by atoms with Gasteiger partial charge in [0.15, 0.2) is 0 Å². The van der Waals surface area contributed by atoms with Crippen molar-refractivity contribution in [2.45, 2.75) is 24.7 Å². The first-order valence-electron chi connectivity index (χ1n) is 15.8. The van der Waals surface area contributed by atoms with Gasteiger partial charge in [0.1, 0.15) is 11.4 Å². The van der Waals surface area contributed by atoms with Gasteiger partial charge in [0.25, 0.3) is 11.8 Å². The maximum Gasteiger partial charge on any atom is 0.272 e. The van der Waals surface area contributed by atoms with Crippen LogP contribution >= 0.6 is 11.8 Å². The number of thioether (sulfide) groups is 1. The fourth-order valence-electron chi connectivity index (χ4n) is 5.58. The van der Waals surface area contributed by atoms with Crippen LogP contribution in [0.3, 0.4) is 0 Å². The van der Waals surface area contributed by atoms with Gasteiger partial charge in [-0.1, -0.05) is 72.8 Å². The molecule has 0 radical (unpaired) electrons. The van der Waals surface area contributed by atoms with Crippen LogP contribution in [-0.2, 0) is 22.4 Å². The molecular weight excluding hydrogens is 619 g/mol. The number of aryl methyl sites for hydroxylation is 2. The lowest BCUT2D eigenvalue weighted by Crippen LogP contribution is -2.30. The van der Waals surface area contributed by atoms with Crippen LogP contribution in [0.2, 0.25) is 0 Å². The first kappa shape index (κ1) is 32.3. The van der Waals surface area contributed by atoms with E-state index in [9.17, 15) is 14.4 Å². The maximum absolute atomic E-state index is 13.7. The Bertz CT molecular complexity index is 1910. The van der Waals surface area contributed by atoms with Gasteiger partial charge in [-0.05, 0) is 91.6 Å². The van der Waals surface area contributed by atoms with E-state index in [-0.39, 0.29) is 17.4 Å². The van der Waals surface area contributed by atoms with Crippen molar-refractivity contribution in [1.82, 2.24) is 5.32 Å². The number of hydrogen-bond donors (Lipinski definition) is 2. The Morgan fingerprint density at radius 1 is 0.750 bits per heavy atom. The molecule has 1 aliphatic rings. The van der Waals surface area contributed by atoms with Crippen LogP contribution in [0.25, 0.3) is 6.08 Å². The van der Waals surface area contributed by atoms with Crippen LogP contribution in [0.1, 0.15) is 34.0 Å². The summed E-state index contributed by atoms with van der Waals surface area (Å²) in [5, 5.41) is 5.67. The average molecular weight is 654 g/mol. The number of rotatable bonds is 10. The van der Waals surface area contributed by atoms with Gasteiger partial charge in [-0.2, -0.15) is 0 Å². The third-order valence-corrected chi connectivity index (χ3v) is 8.90. The summed E-state index contributed by atoms with van der Waals surface area (Å²) in [6, 6.07) is 39.5. The minimum absolute atomic E-state index is 0.00421. The monoisotopic (exact) mass is 653 g/mol. The topological polar surface area (TPSA) is 87.7 Å². The Balaban J connectivity index is 1.16. The van der Waals surface area contributed by atoms with Crippen molar-refractivity contribution in [3.8, 4) is 5.75 Å². The van der Waals surface area contributed by atoms with Crippen LogP contribution in [0.5, 0.6) is 5.75 Å².